The number of aliphatic carboxylic acids is 1. The minimum atomic E-state index is -1.02. The predicted octanol–water partition coefficient (Wildman–Crippen LogP) is 3.44. The predicted molar refractivity (Wildman–Crippen MR) is 127 cm³/mol. The van der Waals surface area contributed by atoms with Gasteiger partial charge < -0.3 is 20.1 Å². The smallest absolute Gasteiger partial charge is 0.407 e. The Bertz CT molecular complexity index is 997. The van der Waals surface area contributed by atoms with Crippen LogP contribution in [0, 0.1) is 11.8 Å². The Labute approximate surface area is 197 Å². The van der Waals surface area contributed by atoms with Crippen molar-refractivity contribution in [2.45, 2.75) is 12.3 Å². The fourth-order valence-electron chi connectivity index (χ4n) is 4.51. The number of nitrogens with zero attached hydrogens (tertiary/aromatic N) is 1. The van der Waals surface area contributed by atoms with Crippen LogP contribution in [0.25, 0.3) is 11.1 Å². The molecule has 174 valence electrons. The van der Waals surface area contributed by atoms with E-state index in [1.165, 1.54) is 16.0 Å². The normalized spacial score (nSPS) is 18.2. The van der Waals surface area contributed by atoms with Crippen LogP contribution in [0.1, 0.15) is 23.5 Å². The van der Waals surface area contributed by atoms with Crippen LogP contribution in [0.15, 0.2) is 48.5 Å². The van der Waals surface area contributed by atoms with Crippen LogP contribution in [-0.4, -0.2) is 66.2 Å². The van der Waals surface area contributed by atoms with Crippen LogP contribution in [0.4, 0.5) is 4.79 Å². The summed E-state index contributed by atoms with van der Waals surface area (Å²) in [4.78, 5) is 37.5. The lowest BCUT2D eigenvalue weighted by Gasteiger charge is -2.20. The molecule has 0 unspecified atom stereocenters. The van der Waals surface area contributed by atoms with E-state index in [2.05, 4.69) is 29.6 Å². The summed E-state index contributed by atoms with van der Waals surface area (Å²) in [5.74, 6) is -0.693. The summed E-state index contributed by atoms with van der Waals surface area (Å²) < 4.78 is 5.54. The van der Waals surface area contributed by atoms with Gasteiger partial charge in [0.2, 0.25) is 5.91 Å². The van der Waals surface area contributed by atoms with Gasteiger partial charge in [0, 0.05) is 30.7 Å². The van der Waals surface area contributed by atoms with Gasteiger partial charge in [0.05, 0.1) is 0 Å². The molecule has 2 aromatic carbocycles. The monoisotopic (exact) mass is 468 g/mol. The lowest BCUT2D eigenvalue weighted by molar-refractivity contribution is -0.144. The first kappa shape index (κ1) is 23.2. The second kappa shape index (κ2) is 10.3. The number of hydrogen-bond donors (Lipinski definition) is 2. The average Bonchev–Trinajstić information content (AvgIpc) is 3.53. The summed E-state index contributed by atoms with van der Waals surface area (Å²) in [6.45, 7) is 0.711. The minimum Gasteiger partial charge on any atom is -0.480 e. The van der Waals surface area contributed by atoms with Gasteiger partial charge in [-0.15, -0.1) is 0 Å². The molecule has 0 aromatic heterocycles. The number of nitrogens with one attached hydrogen (secondary N) is 1. The number of benzene rings is 2. The number of rotatable bonds is 10. The lowest BCUT2D eigenvalue weighted by atomic mass is 9.98. The molecule has 0 saturated heterocycles. The Morgan fingerprint density at radius 2 is 1.73 bits per heavy atom. The molecule has 2 atom stereocenters. The number of alkyl carbamates (subject to hydrolysis) is 1. The molecule has 2 aliphatic carbocycles. The molecule has 2 N–H and O–H groups in total. The van der Waals surface area contributed by atoms with E-state index in [1.54, 1.807) is 11.8 Å². The highest BCUT2D eigenvalue weighted by molar-refractivity contribution is 7.98. The van der Waals surface area contributed by atoms with Gasteiger partial charge in [0.25, 0.3) is 0 Å². The van der Waals surface area contributed by atoms with E-state index in [9.17, 15) is 14.4 Å². The van der Waals surface area contributed by atoms with Crippen molar-refractivity contribution in [3.63, 3.8) is 0 Å². The molecule has 0 heterocycles. The van der Waals surface area contributed by atoms with Gasteiger partial charge in [-0.3, -0.25) is 9.59 Å². The molecule has 7 nitrogen and oxygen atoms in total. The molecule has 2 amide bonds. The van der Waals surface area contributed by atoms with Crippen molar-refractivity contribution < 1.29 is 24.2 Å². The van der Waals surface area contributed by atoms with E-state index in [-0.39, 0.29) is 36.8 Å². The molecular formula is C25H28N2O5S. The highest BCUT2D eigenvalue weighted by atomic mass is 32.2. The van der Waals surface area contributed by atoms with Gasteiger partial charge in [0.1, 0.15) is 13.2 Å². The zero-order valence-corrected chi connectivity index (χ0v) is 19.3. The van der Waals surface area contributed by atoms with Gasteiger partial charge in [-0.05, 0) is 40.8 Å². The van der Waals surface area contributed by atoms with Gasteiger partial charge in [-0.25, -0.2) is 4.79 Å². The highest BCUT2D eigenvalue weighted by Gasteiger charge is 2.45. The number of thioether (sulfide) groups is 1. The molecule has 2 aromatic rings. The summed E-state index contributed by atoms with van der Waals surface area (Å²) in [6, 6.07) is 16.3. The Morgan fingerprint density at radius 1 is 1.09 bits per heavy atom. The maximum Gasteiger partial charge on any atom is 0.407 e. The minimum absolute atomic E-state index is 0.000543. The fourth-order valence-corrected chi connectivity index (χ4v) is 4.91. The van der Waals surface area contributed by atoms with Crippen LogP contribution >= 0.6 is 11.8 Å². The third-order valence-corrected chi connectivity index (χ3v) is 6.89. The second-order valence-electron chi connectivity index (χ2n) is 8.46. The maximum absolute atomic E-state index is 12.6. The van der Waals surface area contributed by atoms with Crippen molar-refractivity contribution in [2.24, 2.45) is 11.8 Å². The largest absolute Gasteiger partial charge is 0.480 e. The first-order valence-corrected chi connectivity index (χ1v) is 12.5. The summed E-state index contributed by atoms with van der Waals surface area (Å²) in [6.07, 6.45) is 2.07. The van der Waals surface area contributed by atoms with Gasteiger partial charge in [0.15, 0.2) is 0 Å². The Balaban J connectivity index is 1.26. The van der Waals surface area contributed by atoms with E-state index in [1.807, 2.05) is 30.5 Å². The molecule has 2 aliphatic rings. The van der Waals surface area contributed by atoms with E-state index in [4.69, 9.17) is 9.84 Å². The fraction of sp³-hybridized carbons (Fsp3) is 0.400. The van der Waals surface area contributed by atoms with Crippen molar-refractivity contribution >= 4 is 29.7 Å². The molecule has 0 radical (unpaired) electrons. The lowest BCUT2D eigenvalue weighted by Crippen LogP contribution is -2.39. The Hall–Kier alpha value is -3.00. The number of carboxylic acids is 1. The van der Waals surface area contributed by atoms with Gasteiger partial charge in [-0.2, -0.15) is 11.8 Å². The summed E-state index contributed by atoms with van der Waals surface area (Å²) in [7, 11) is 0. The second-order valence-corrected chi connectivity index (χ2v) is 9.44. The molecule has 4 rings (SSSR count). The van der Waals surface area contributed by atoms with Crippen molar-refractivity contribution in [3.05, 3.63) is 59.7 Å². The van der Waals surface area contributed by atoms with Gasteiger partial charge >= 0.3 is 12.1 Å². The zero-order valence-electron chi connectivity index (χ0n) is 18.5. The summed E-state index contributed by atoms with van der Waals surface area (Å²) in [5, 5.41) is 11.8. The van der Waals surface area contributed by atoms with Crippen molar-refractivity contribution in [1.82, 2.24) is 10.2 Å². The highest BCUT2D eigenvalue weighted by Crippen LogP contribution is 2.44. The van der Waals surface area contributed by atoms with Crippen LogP contribution in [-0.2, 0) is 14.3 Å². The molecule has 0 bridgehead atoms. The molecule has 1 fully saturated rings. The number of ether oxygens (including phenoxy) is 1. The van der Waals surface area contributed by atoms with Crippen LogP contribution in [0.3, 0.4) is 0 Å². The van der Waals surface area contributed by atoms with E-state index in [0.717, 1.165) is 11.1 Å². The molecular weight excluding hydrogens is 440 g/mol. The third-order valence-electron chi connectivity index (χ3n) is 6.30. The Kier molecular flexibility index (Phi) is 7.23. The molecule has 1 saturated carbocycles. The Morgan fingerprint density at radius 3 is 2.33 bits per heavy atom. The molecule has 33 heavy (non-hydrogen) atoms. The van der Waals surface area contributed by atoms with Crippen LogP contribution in [0.5, 0.6) is 0 Å². The number of carboxylic acid groups (broad SMARTS) is 1. The number of amides is 2. The van der Waals surface area contributed by atoms with Crippen molar-refractivity contribution in [1.29, 1.82) is 0 Å². The first-order valence-electron chi connectivity index (χ1n) is 11.1. The van der Waals surface area contributed by atoms with Crippen molar-refractivity contribution in [3.8, 4) is 11.1 Å². The number of hydrogen-bond acceptors (Lipinski definition) is 5. The first-order chi connectivity index (χ1) is 16.0. The number of carbonyl (C=O) groups excluding carboxylic acids is 2. The van der Waals surface area contributed by atoms with Gasteiger partial charge in [-0.1, -0.05) is 48.5 Å². The number of carbonyl (C=O) groups is 3. The molecule has 0 spiro atoms. The van der Waals surface area contributed by atoms with E-state index in [0.29, 0.717) is 25.3 Å². The van der Waals surface area contributed by atoms with E-state index < -0.39 is 12.1 Å². The summed E-state index contributed by atoms with van der Waals surface area (Å²) in [5.41, 5.74) is 4.66. The van der Waals surface area contributed by atoms with Crippen LogP contribution < -0.4 is 5.32 Å². The zero-order chi connectivity index (χ0) is 23.4. The van der Waals surface area contributed by atoms with E-state index >= 15 is 0 Å². The average molecular weight is 469 g/mol. The number of fused-ring (bicyclic) bond motifs is 3. The quantitative estimate of drug-likeness (QED) is 0.555. The third kappa shape index (κ3) is 5.33. The SMILES string of the molecule is CSCCN(CC(=O)O)C(=O)[C@@H]1C[C@@H]1CNC(=O)OCC1c2ccccc2-c2ccccc21. The standard InChI is InChI=1S/C25H28N2O5S/c1-33-11-10-27(14-23(28)29)24(30)21-12-16(21)13-26-25(31)32-15-22-19-8-4-2-6-17(19)18-7-3-5-9-20(18)22/h2-9,16,21-22H,10-15H2,1H3,(H,26,31)(H,28,29)/t16-,21-/m1/s1. The summed E-state index contributed by atoms with van der Waals surface area (Å²) >= 11 is 1.57. The molecule has 8 heteroatoms. The van der Waals surface area contributed by atoms with Crippen LogP contribution in [0.2, 0.25) is 0 Å². The maximum atomic E-state index is 12.6. The van der Waals surface area contributed by atoms with Crippen molar-refractivity contribution in [2.75, 3.05) is 38.2 Å². The topological polar surface area (TPSA) is 95.9 Å². The molecule has 0 aliphatic heterocycles.